The van der Waals surface area contributed by atoms with E-state index in [1.807, 2.05) is 18.2 Å². The van der Waals surface area contributed by atoms with Crippen LogP contribution in [0.15, 0.2) is 30.4 Å². The molecule has 1 saturated carbocycles. The number of rotatable bonds is 1. The smallest absolute Gasteiger partial charge is 0.414 e. The van der Waals surface area contributed by atoms with Crippen LogP contribution in [0.1, 0.15) is 31.2 Å². The first-order valence-electron chi connectivity index (χ1n) is 10.2. The zero-order valence-electron chi connectivity index (χ0n) is 16.6. The van der Waals surface area contributed by atoms with E-state index in [2.05, 4.69) is 17.1 Å². The first-order chi connectivity index (χ1) is 14.0. The lowest BCUT2D eigenvalue weighted by molar-refractivity contribution is -0.152. The van der Waals surface area contributed by atoms with Crippen LogP contribution in [0.25, 0.3) is 0 Å². The number of esters is 1. The van der Waals surface area contributed by atoms with Crippen LogP contribution in [0.3, 0.4) is 0 Å². The topological polar surface area (TPSA) is 68.3 Å². The molecule has 5 aliphatic heterocycles. The van der Waals surface area contributed by atoms with Crippen molar-refractivity contribution in [1.29, 1.82) is 0 Å². The Kier molecular flexibility index (Phi) is 3.18. The van der Waals surface area contributed by atoms with Gasteiger partial charge in [0.15, 0.2) is 5.60 Å². The third-order valence-electron chi connectivity index (χ3n) is 8.09. The van der Waals surface area contributed by atoms with E-state index in [1.165, 1.54) is 7.11 Å². The highest BCUT2D eigenvalue weighted by atomic mass is 16.6. The Morgan fingerprint density at radius 2 is 2.10 bits per heavy atom. The van der Waals surface area contributed by atoms with Gasteiger partial charge in [0, 0.05) is 30.6 Å². The lowest BCUT2D eigenvalue weighted by Gasteiger charge is -2.56. The number of carbonyl (C=O) groups excluding carboxylic acids is 2. The zero-order chi connectivity index (χ0) is 20.0. The van der Waals surface area contributed by atoms with E-state index in [0.717, 1.165) is 30.8 Å². The molecule has 3 saturated heterocycles. The molecule has 7 rings (SSSR count). The highest BCUT2D eigenvalue weighted by Gasteiger charge is 2.78. The standard InChI is InChI=1S/C22H24N2O5/c1-27-14-4-5-17-15(12-14)22-9-11-23-10-3-6-20(23)7-8-21(22,24(17)19(26)28-2)16(13-20)18(25)29-22/h3-6,12,16H,7-11,13H2,1-2H3. The van der Waals surface area contributed by atoms with Gasteiger partial charge in [0.25, 0.3) is 0 Å². The molecule has 1 aromatic rings. The molecule has 0 aromatic heterocycles. The minimum absolute atomic E-state index is 0.111. The second-order valence-corrected chi connectivity index (χ2v) is 8.82. The van der Waals surface area contributed by atoms with Crippen molar-refractivity contribution in [2.24, 2.45) is 5.92 Å². The number of ether oxygens (including phenoxy) is 3. The number of hydrogen-bond acceptors (Lipinski definition) is 6. The van der Waals surface area contributed by atoms with E-state index >= 15 is 0 Å². The lowest BCUT2D eigenvalue weighted by atomic mass is 9.58. The van der Waals surface area contributed by atoms with Gasteiger partial charge in [-0.3, -0.25) is 14.6 Å². The van der Waals surface area contributed by atoms with Gasteiger partial charge in [-0.05, 0) is 37.5 Å². The van der Waals surface area contributed by atoms with Crippen molar-refractivity contribution in [3.8, 4) is 5.75 Å². The van der Waals surface area contributed by atoms with E-state index in [9.17, 15) is 9.59 Å². The summed E-state index contributed by atoms with van der Waals surface area (Å²) in [6, 6.07) is 5.68. The molecular formula is C22H24N2O5. The molecule has 7 heteroatoms. The summed E-state index contributed by atoms with van der Waals surface area (Å²) in [5, 5.41) is 0. The maximum atomic E-state index is 13.3. The zero-order valence-corrected chi connectivity index (χ0v) is 16.6. The predicted octanol–water partition coefficient (Wildman–Crippen LogP) is 2.59. The number of amides is 1. The maximum absolute atomic E-state index is 13.3. The number of hydrogen-bond donors (Lipinski definition) is 0. The Labute approximate surface area is 169 Å². The van der Waals surface area contributed by atoms with E-state index < -0.39 is 17.2 Å². The molecule has 2 spiro atoms. The van der Waals surface area contributed by atoms with E-state index in [-0.39, 0.29) is 17.4 Å². The second-order valence-electron chi connectivity index (χ2n) is 8.82. The fourth-order valence-electron chi connectivity index (χ4n) is 6.90. The van der Waals surface area contributed by atoms with Crippen LogP contribution < -0.4 is 9.64 Å². The molecule has 4 unspecified atom stereocenters. The molecule has 1 aromatic carbocycles. The molecule has 152 valence electrons. The molecule has 0 radical (unpaired) electrons. The van der Waals surface area contributed by atoms with Crippen LogP contribution in [0.5, 0.6) is 5.75 Å². The molecular weight excluding hydrogens is 372 g/mol. The Hall–Kier alpha value is -2.54. The van der Waals surface area contributed by atoms with Crippen LogP contribution in [-0.2, 0) is 19.9 Å². The van der Waals surface area contributed by atoms with Gasteiger partial charge in [-0.2, -0.15) is 0 Å². The Morgan fingerprint density at radius 3 is 2.90 bits per heavy atom. The van der Waals surface area contributed by atoms with Crippen LogP contribution in [0, 0.1) is 5.92 Å². The summed E-state index contributed by atoms with van der Waals surface area (Å²) in [7, 11) is 3.01. The van der Waals surface area contributed by atoms with Crippen LogP contribution in [0.4, 0.5) is 10.5 Å². The van der Waals surface area contributed by atoms with Crippen LogP contribution >= 0.6 is 0 Å². The average Bonchev–Trinajstić information content (AvgIpc) is 3.29. The number of methoxy groups -OCH3 is 2. The predicted molar refractivity (Wildman–Crippen MR) is 104 cm³/mol. The van der Waals surface area contributed by atoms with Gasteiger partial charge < -0.3 is 14.2 Å². The first-order valence-corrected chi connectivity index (χ1v) is 10.2. The van der Waals surface area contributed by atoms with Crippen LogP contribution in [-0.4, -0.2) is 55.3 Å². The summed E-state index contributed by atoms with van der Waals surface area (Å²) in [6.07, 6.45) is 6.94. The maximum Gasteiger partial charge on any atom is 0.414 e. The third kappa shape index (κ3) is 1.75. The highest BCUT2D eigenvalue weighted by Crippen LogP contribution is 2.68. The Bertz CT molecular complexity index is 976. The van der Waals surface area contributed by atoms with Gasteiger partial charge in [-0.25, -0.2) is 4.79 Å². The Morgan fingerprint density at radius 1 is 1.24 bits per heavy atom. The summed E-state index contributed by atoms with van der Waals surface area (Å²) >= 11 is 0. The summed E-state index contributed by atoms with van der Waals surface area (Å²) < 4.78 is 17.0. The van der Waals surface area contributed by atoms with Gasteiger partial charge in [0.1, 0.15) is 11.3 Å². The van der Waals surface area contributed by atoms with E-state index in [1.54, 1.807) is 12.0 Å². The van der Waals surface area contributed by atoms with Crippen molar-refractivity contribution in [3.63, 3.8) is 0 Å². The summed E-state index contributed by atoms with van der Waals surface area (Å²) in [4.78, 5) is 30.6. The van der Waals surface area contributed by atoms with Crippen molar-refractivity contribution in [1.82, 2.24) is 4.90 Å². The summed E-state index contributed by atoms with van der Waals surface area (Å²) in [5.41, 5.74) is -0.107. The van der Waals surface area contributed by atoms with Gasteiger partial charge in [0.05, 0.1) is 25.8 Å². The summed E-state index contributed by atoms with van der Waals surface area (Å²) in [6.45, 7) is 1.70. The van der Waals surface area contributed by atoms with Crippen molar-refractivity contribution >= 4 is 17.7 Å². The first kappa shape index (κ1) is 17.3. The van der Waals surface area contributed by atoms with Gasteiger partial charge >= 0.3 is 12.1 Å². The number of fused-ring (bicyclic) bond motifs is 3. The van der Waals surface area contributed by atoms with Gasteiger partial charge in [-0.15, -0.1) is 0 Å². The highest BCUT2D eigenvalue weighted by molar-refractivity contribution is 5.98. The molecule has 29 heavy (non-hydrogen) atoms. The number of anilines is 1. The SMILES string of the molecule is COC(=O)N1c2ccc(OC)cc2C23CCN4CC=CC45CCC12C(C5)C(=O)O3. The Balaban J connectivity index is 1.64. The molecule has 4 bridgehead atoms. The van der Waals surface area contributed by atoms with Crippen molar-refractivity contribution in [2.75, 3.05) is 32.2 Å². The molecule has 4 fully saturated rings. The number of nitrogens with zero attached hydrogens (tertiary/aromatic N) is 2. The van der Waals surface area contributed by atoms with Crippen molar-refractivity contribution in [3.05, 3.63) is 35.9 Å². The quantitative estimate of drug-likeness (QED) is 0.537. The molecule has 5 heterocycles. The molecule has 6 aliphatic rings. The van der Waals surface area contributed by atoms with E-state index in [4.69, 9.17) is 14.2 Å². The molecule has 0 N–H and O–H groups in total. The molecule has 7 nitrogen and oxygen atoms in total. The largest absolute Gasteiger partial charge is 0.497 e. The van der Waals surface area contributed by atoms with Crippen LogP contribution in [0.2, 0.25) is 0 Å². The third-order valence-corrected chi connectivity index (χ3v) is 8.09. The lowest BCUT2D eigenvalue weighted by Crippen LogP contribution is -2.68. The molecule has 1 amide bonds. The fraction of sp³-hybridized carbons (Fsp3) is 0.545. The monoisotopic (exact) mass is 396 g/mol. The number of carbonyl (C=O) groups is 2. The number of benzene rings is 1. The normalized spacial score (nSPS) is 38.8. The summed E-state index contributed by atoms with van der Waals surface area (Å²) in [5.74, 6) is 0.0995. The second kappa shape index (κ2) is 5.33. The average molecular weight is 396 g/mol. The van der Waals surface area contributed by atoms with E-state index in [0.29, 0.717) is 25.0 Å². The minimum Gasteiger partial charge on any atom is -0.497 e. The minimum atomic E-state index is -0.873. The molecule has 4 atom stereocenters. The van der Waals surface area contributed by atoms with Crippen molar-refractivity contribution in [2.45, 2.75) is 42.4 Å². The van der Waals surface area contributed by atoms with Crippen molar-refractivity contribution < 1.29 is 23.8 Å². The van der Waals surface area contributed by atoms with Gasteiger partial charge in [0.2, 0.25) is 0 Å². The fourth-order valence-corrected chi connectivity index (χ4v) is 6.90. The molecule has 1 aliphatic carbocycles. The van der Waals surface area contributed by atoms with Gasteiger partial charge in [-0.1, -0.05) is 12.2 Å².